The molecule has 2 aromatic rings. The highest BCUT2D eigenvalue weighted by Gasteiger charge is 2.39. The summed E-state index contributed by atoms with van der Waals surface area (Å²) < 4.78 is 39.5. The van der Waals surface area contributed by atoms with Crippen LogP contribution >= 0.6 is 0 Å². The molecule has 0 fully saturated rings. The first-order chi connectivity index (χ1) is 10.0. The summed E-state index contributed by atoms with van der Waals surface area (Å²) in [5, 5.41) is 6.92. The topological polar surface area (TPSA) is 72.9 Å². The molecule has 0 atom stereocenters. The number of halogens is 3. The second-order valence-corrected chi connectivity index (χ2v) is 4.72. The number of rotatable bonds is 2. The van der Waals surface area contributed by atoms with Gasteiger partial charge >= 0.3 is 6.18 Å². The molecule has 112 valence electrons. The maximum absolute atomic E-state index is 12.8. The Morgan fingerprint density at radius 3 is 2.76 bits per heavy atom. The third kappa shape index (κ3) is 2.44. The lowest BCUT2D eigenvalue weighted by molar-refractivity contribution is -0.147. The van der Waals surface area contributed by atoms with Crippen LogP contribution in [0.4, 0.5) is 18.9 Å². The van der Waals surface area contributed by atoms with Crippen LogP contribution in [0, 0.1) is 0 Å². The lowest BCUT2D eigenvalue weighted by atomic mass is 10.2. The Bertz CT molecular complexity index is 651. The number of alkyl halides is 3. The maximum atomic E-state index is 12.8. The molecule has 6 nitrogen and oxygen atoms in total. The number of anilines is 1. The zero-order chi connectivity index (χ0) is 15.0. The number of pyridine rings is 1. The summed E-state index contributed by atoms with van der Waals surface area (Å²) in [6, 6.07) is 1.80. The Hall–Kier alpha value is -2.16. The van der Waals surface area contributed by atoms with E-state index in [-0.39, 0.29) is 13.1 Å². The molecule has 0 bridgehead atoms. The molecule has 1 aliphatic heterocycles. The van der Waals surface area contributed by atoms with Gasteiger partial charge in [0.15, 0.2) is 5.82 Å². The van der Waals surface area contributed by atoms with E-state index in [9.17, 15) is 13.2 Å². The van der Waals surface area contributed by atoms with Crippen LogP contribution in [0.5, 0.6) is 0 Å². The van der Waals surface area contributed by atoms with Crippen molar-refractivity contribution in [2.75, 3.05) is 11.4 Å². The van der Waals surface area contributed by atoms with E-state index in [0.717, 1.165) is 15.8 Å². The molecular formula is C12H13F3N6. The van der Waals surface area contributed by atoms with Gasteiger partial charge in [-0.3, -0.25) is 4.98 Å². The molecule has 0 radical (unpaired) electrons. The molecule has 0 spiro atoms. The Morgan fingerprint density at radius 2 is 2.05 bits per heavy atom. The fourth-order valence-electron chi connectivity index (χ4n) is 2.46. The second-order valence-electron chi connectivity index (χ2n) is 4.72. The molecule has 3 rings (SSSR count). The van der Waals surface area contributed by atoms with Gasteiger partial charge < -0.3 is 15.2 Å². The molecule has 0 unspecified atom stereocenters. The molecule has 2 aromatic heterocycles. The van der Waals surface area contributed by atoms with Gasteiger partial charge in [-0.2, -0.15) is 13.2 Å². The van der Waals surface area contributed by atoms with Crippen molar-refractivity contribution >= 4 is 5.69 Å². The lowest BCUT2D eigenvalue weighted by Crippen LogP contribution is -2.36. The van der Waals surface area contributed by atoms with Gasteiger partial charge in [0.05, 0.1) is 6.54 Å². The Balaban J connectivity index is 1.90. The van der Waals surface area contributed by atoms with E-state index in [1.165, 1.54) is 0 Å². The minimum Gasteiger partial charge on any atom is -0.362 e. The number of fused-ring (bicyclic) bond motifs is 1. The summed E-state index contributed by atoms with van der Waals surface area (Å²) in [6.45, 7) is 1.20. The van der Waals surface area contributed by atoms with Crippen LogP contribution < -0.4 is 10.6 Å². The normalized spacial score (nSPS) is 15.1. The Kier molecular flexibility index (Phi) is 3.28. The molecule has 9 heteroatoms. The van der Waals surface area contributed by atoms with Crippen molar-refractivity contribution < 1.29 is 13.2 Å². The molecule has 21 heavy (non-hydrogen) atoms. The largest absolute Gasteiger partial charge is 0.451 e. The average molecular weight is 298 g/mol. The van der Waals surface area contributed by atoms with Crippen LogP contribution in [-0.2, 0) is 25.8 Å². The van der Waals surface area contributed by atoms with Crippen molar-refractivity contribution in [1.82, 2.24) is 19.7 Å². The van der Waals surface area contributed by atoms with Crippen LogP contribution in [0.25, 0.3) is 0 Å². The zero-order valence-corrected chi connectivity index (χ0v) is 11.0. The molecule has 2 N–H and O–H groups in total. The van der Waals surface area contributed by atoms with Gasteiger partial charge in [-0.05, 0) is 6.07 Å². The molecule has 0 saturated heterocycles. The third-order valence-electron chi connectivity index (χ3n) is 3.45. The van der Waals surface area contributed by atoms with E-state index in [0.29, 0.717) is 18.9 Å². The van der Waals surface area contributed by atoms with Gasteiger partial charge in [0.25, 0.3) is 0 Å². The molecule has 0 aromatic carbocycles. The number of hydrogen-bond acceptors (Lipinski definition) is 5. The highest BCUT2D eigenvalue weighted by atomic mass is 19.4. The molecule has 0 aliphatic carbocycles. The van der Waals surface area contributed by atoms with Gasteiger partial charge in [0.1, 0.15) is 0 Å². The third-order valence-corrected chi connectivity index (χ3v) is 3.45. The average Bonchev–Trinajstić information content (AvgIpc) is 2.90. The highest BCUT2D eigenvalue weighted by Crippen LogP contribution is 2.30. The van der Waals surface area contributed by atoms with Crippen molar-refractivity contribution in [2.45, 2.75) is 25.8 Å². The monoisotopic (exact) mass is 298 g/mol. The molecule has 1 aliphatic rings. The van der Waals surface area contributed by atoms with Gasteiger partial charge in [-0.15, -0.1) is 10.2 Å². The van der Waals surface area contributed by atoms with Crippen LogP contribution in [0.1, 0.15) is 17.2 Å². The van der Waals surface area contributed by atoms with E-state index in [1.807, 2.05) is 4.90 Å². The lowest BCUT2D eigenvalue weighted by Gasteiger charge is -2.31. The molecular weight excluding hydrogens is 285 g/mol. The van der Waals surface area contributed by atoms with Gasteiger partial charge in [0, 0.05) is 43.3 Å². The van der Waals surface area contributed by atoms with Gasteiger partial charge in [-0.25, -0.2) is 0 Å². The predicted octanol–water partition coefficient (Wildman–Crippen LogP) is 1.17. The van der Waals surface area contributed by atoms with Gasteiger partial charge in [-0.1, -0.05) is 0 Å². The summed E-state index contributed by atoms with van der Waals surface area (Å²) >= 11 is 0. The first-order valence-electron chi connectivity index (χ1n) is 6.38. The summed E-state index contributed by atoms with van der Waals surface area (Å²) in [5.74, 6) is -0.640. The highest BCUT2D eigenvalue weighted by molar-refractivity contribution is 5.52. The number of nitrogens with zero attached hydrogens (tertiary/aromatic N) is 5. The minimum atomic E-state index is -4.48. The van der Waals surface area contributed by atoms with Crippen molar-refractivity contribution in [3.05, 3.63) is 35.7 Å². The van der Waals surface area contributed by atoms with Crippen molar-refractivity contribution in [3.8, 4) is 0 Å². The van der Waals surface area contributed by atoms with E-state index in [4.69, 9.17) is 5.73 Å². The molecule has 3 heterocycles. The quantitative estimate of drug-likeness (QED) is 0.901. The second kappa shape index (κ2) is 4.99. The smallest absolute Gasteiger partial charge is 0.362 e. The first-order valence-corrected chi connectivity index (χ1v) is 6.38. The predicted molar refractivity (Wildman–Crippen MR) is 68.2 cm³/mol. The molecule has 0 saturated carbocycles. The van der Waals surface area contributed by atoms with Crippen LogP contribution in [0.3, 0.4) is 0 Å². The van der Waals surface area contributed by atoms with Crippen molar-refractivity contribution in [3.63, 3.8) is 0 Å². The number of hydrogen-bond donors (Lipinski definition) is 1. The zero-order valence-electron chi connectivity index (χ0n) is 11.0. The van der Waals surface area contributed by atoms with Crippen LogP contribution in [-0.4, -0.2) is 26.3 Å². The van der Waals surface area contributed by atoms with Crippen LogP contribution in [0.15, 0.2) is 18.5 Å². The fourth-order valence-corrected chi connectivity index (χ4v) is 2.46. The van der Waals surface area contributed by atoms with Crippen molar-refractivity contribution in [2.24, 2.45) is 5.73 Å². The Morgan fingerprint density at radius 1 is 1.24 bits per heavy atom. The van der Waals surface area contributed by atoms with E-state index in [2.05, 4.69) is 15.2 Å². The Labute approximate surface area is 118 Å². The van der Waals surface area contributed by atoms with Crippen molar-refractivity contribution in [1.29, 1.82) is 0 Å². The summed E-state index contributed by atoms with van der Waals surface area (Å²) in [7, 11) is 0. The molecule has 0 amide bonds. The fraction of sp³-hybridized carbons (Fsp3) is 0.417. The SMILES string of the molecule is NCc1cnccc1N1CCn2c(nnc2C(F)(F)F)C1. The summed E-state index contributed by atoms with van der Waals surface area (Å²) in [6.07, 6.45) is -1.18. The summed E-state index contributed by atoms with van der Waals surface area (Å²) in [4.78, 5) is 5.94. The first kappa shape index (κ1) is 13.8. The van der Waals surface area contributed by atoms with Gasteiger partial charge in [0.2, 0.25) is 5.82 Å². The number of aromatic nitrogens is 4. The standard InChI is InChI=1S/C12H13F3N6/c13-12(14,15)11-19-18-10-7-20(3-4-21(10)11)9-1-2-17-6-8(9)5-16/h1-2,6H,3-5,7,16H2. The van der Waals surface area contributed by atoms with E-state index >= 15 is 0 Å². The van der Waals surface area contributed by atoms with E-state index in [1.54, 1.807) is 18.5 Å². The number of nitrogens with two attached hydrogens (primary N) is 1. The summed E-state index contributed by atoms with van der Waals surface area (Å²) in [5.41, 5.74) is 7.38. The van der Waals surface area contributed by atoms with Crippen LogP contribution in [0.2, 0.25) is 0 Å². The maximum Gasteiger partial charge on any atom is 0.451 e. The minimum absolute atomic E-state index is 0.184. The van der Waals surface area contributed by atoms with E-state index < -0.39 is 12.0 Å².